The van der Waals surface area contributed by atoms with Crippen LogP contribution in [-0.4, -0.2) is 47.8 Å². The van der Waals surface area contributed by atoms with E-state index in [9.17, 15) is 9.32 Å². The Bertz CT molecular complexity index is 496. The second-order valence-corrected chi connectivity index (χ2v) is 5.87. The predicted octanol–water partition coefficient (Wildman–Crippen LogP) is 2.40. The van der Waals surface area contributed by atoms with Gasteiger partial charge in [-0.25, -0.2) is 4.79 Å². The van der Waals surface area contributed by atoms with Crippen molar-refractivity contribution >= 4 is 11.9 Å². The van der Waals surface area contributed by atoms with Gasteiger partial charge in [0.25, 0.3) is 5.88 Å². The molecule has 1 aromatic heterocycles. The summed E-state index contributed by atoms with van der Waals surface area (Å²) < 4.78 is 17.5. The van der Waals surface area contributed by atoms with Gasteiger partial charge in [-0.15, -0.1) is 0 Å². The fourth-order valence-electron chi connectivity index (χ4n) is 2.07. The van der Waals surface area contributed by atoms with E-state index in [0.29, 0.717) is 32.0 Å². The highest BCUT2D eigenvalue weighted by atomic mass is 19.3. The van der Waals surface area contributed by atoms with Crippen LogP contribution in [0.4, 0.5) is 15.1 Å². The van der Waals surface area contributed by atoms with Crippen molar-refractivity contribution < 1.29 is 19.0 Å². The summed E-state index contributed by atoms with van der Waals surface area (Å²) in [4.78, 5) is 23.3. The zero-order valence-corrected chi connectivity index (χ0v) is 12.5. The lowest BCUT2D eigenvalue weighted by atomic mass is 10.2. The van der Waals surface area contributed by atoms with Crippen molar-refractivity contribution in [1.29, 1.82) is 0 Å². The van der Waals surface area contributed by atoms with Crippen LogP contribution in [0.15, 0.2) is 18.2 Å². The Morgan fingerprint density at radius 3 is 2.48 bits per heavy atom. The summed E-state index contributed by atoms with van der Waals surface area (Å²) in [5.74, 6) is 0.566. The number of rotatable bonds is 2. The molecule has 116 valence electrons. The topological polar surface area (TPSA) is 54.9 Å². The van der Waals surface area contributed by atoms with Crippen LogP contribution in [0.5, 0.6) is 5.88 Å². The summed E-state index contributed by atoms with van der Waals surface area (Å²) in [7, 11) is 0. The van der Waals surface area contributed by atoms with Gasteiger partial charge >= 0.3 is 6.09 Å². The van der Waals surface area contributed by atoms with Gasteiger partial charge in [0.1, 0.15) is 11.4 Å². The molecule has 2 heterocycles. The fraction of sp³-hybridized carbons (Fsp3) is 0.571. The molecule has 0 spiro atoms. The van der Waals surface area contributed by atoms with Crippen molar-refractivity contribution in [3.05, 3.63) is 18.2 Å². The third kappa shape index (κ3) is 4.21. The molecule has 1 saturated heterocycles. The molecule has 0 atom stereocenters. The maximum absolute atomic E-state index is 12.1. The van der Waals surface area contributed by atoms with Crippen LogP contribution in [0.1, 0.15) is 20.8 Å². The molecular weight excluding hydrogens is 277 g/mol. The quantitative estimate of drug-likeness (QED) is 0.839. The summed E-state index contributed by atoms with van der Waals surface area (Å²) >= 11 is 0. The third-order valence-corrected chi connectivity index (χ3v) is 3.04. The molecule has 2 rings (SSSR count). The molecular formula is C14H20FN3O3. The van der Waals surface area contributed by atoms with E-state index >= 15 is 0 Å². The lowest BCUT2D eigenvalue weighted by Crippen LogP contribution is -2.50. The van der Waals surface area contributed by atoms with E-state index < -0.39 is 5.60 Å². The minimum Gasteiger partial charge on any atom is -0.444 e. The SMILES string of the molecule is CC(C)(C)OC(=O)N1CCN(c2cccc(OF)n2)CC1. The Balaban J connectivity index is 1.92. The molecule has 1 aliphatic heterocycles. The molecule has 1 aromatic rings. The average molecular weight is 297 g/mol. The van der Waals surface area contributed by atoms with Crippen molar-refractivity contribution in [2.75, 3.05) is 31.1 Å². The fourth-order valence-corrected chi connectivity index (χ4v) is 2.07. The van der Waals surface area contributed by atoms with Crippen LogP contribution in [0, 0.1) is 0 Å². The van der Waals surface area contributed by atoms with Crippen molar-refractivity contribution in [2.24, 2.45) is 0 Å². The maximum Gasteiger partial charge on any atom is 0.410 e. The normalized spacial score (nSPS) is 15.8. The number of carbonyl (C=O) groups is 1. The molecule has 0 aromatic carbocycles. The highest BCUT2D eigenvalue weighted by Crippen LogP contribution is 2.18. The van der Waals surface area contributed by atoms with Gasteiger partial charge in [-0.05, 0) is 26.8 Å². The first-order valence-corrected chi connectivity index (χ1v) is 6.87. The Morgan fingerprint density at radius 1 is 1.24 bits per heavy atom. The van der Waals surface area contributed by atoms with E-state index in [0.717, 1.165) is 0 Å². The monoisotopic (exact) mass is 297 g/mol. The molecule has 6 nitrogen and oxygen atoms in total. The Hall–Kier alpha value is -2.05. The lowest BCUT2D eigenvalue weighted by molar-refractivity contribution is -0.0117. The minimum absolute atomic E-state index is 0.0675. The average Bonchev–Trinajstić information content (AvgIpc) is 2.46. The van der Waals surface area contributed by atoms with E-state index in [-0.39, 0.29) is 12.0 Å². The largest absolute Gasteiger partial charge is 0.444 e. The number of amides is 1. The molecule has 1 amide bonds. The van der Waals surface area contributed by atoms with Crippen molar-refractivity contribution in [3.8, 4) is 5.88 Å². The van der Waals surface area contributed by atoms with Crippen molar-refractivity contribution in [2.45, 2.75) is 26.4 Å². The maximum atomic E-state index is 12.1. The Morgan fingerprint density at radius 2 is 1.90 bits per heavy atom. The van der Waals surface area contributed by atoms with Gasteiger partial charge in [-0.1, -0.05) is 6.07 Å². The van der Waals surface area contributed by atoms with Gasteiger partial charge in [0.15, 0.2) is 0 Å². The molecule has 0 unspecified atom stereocenters. The van der Waals surface area contributed by atoms with Crippen LogP contribution in [0.3, 0.4) is 0 Å². The molecule has 0 N–H and O–H groups in total. The van der Waals surface area contributed by atoms with Crippen molar-refractivity contribution in [3.63, 3.8) is 0 Å². The van der Waals surface area contributed by atoms with Gasteiger partial charge in [-0.2, -0.15) is 4.98 Å². The van der Waals surface area contributed by atoms with Gasteiger partial charge < -0.3 is 14.5 Å². The van der Waals surface area contributed by atoms with Crippen LogP contribution in [0.2, 0.25) is 0 Å². The number of halogens is 1. The number of hydrogen-bond donors (Lipinski definition) is 0. The number of piperazine rings is 1. The zero-order valence-electron chi connectivity index (χ0n) is 12.5. The zero-order chi connectivity index (χ0) is 15.5. The number of pyridine rings is 1. The number of aromatic nitrogens is 1. The van der Waals surface area contributed by atoms with Crippen LogP contribution < -0.4 is 9.84 Å². The summed E-state index contributed by atoms with van der Waals surface area (Å²) in [6, 6.07) is 4.91. The van der Waals surface area contributed by atoms with Gasteiger partial charge in [0, 0.05) is 36.8 Å². The minimum atomic E-state index is -0.497. The van der Waals surface area contributed by atoms with E-state index in [1.807, 2.05) is 25.7 Å². The molecule has 1 fully saturated rings. The van der Waals surface area contributed by atoms with E-state index in [2.05, 4.69) is 9.93 Å². The highest BCUT2D eigenvalue weighted by Gasteiger charge is 2.26. The number of carbonyl (C=O) groups excluding carboxylic acids is 1. The van der Waals surface area contributed by atoms with Crippen molar-refractivity contribution in [1.82, 2.24) is 9.88 Å². The van der Waals surface area contributed by atoms with Crippen LogP contribution in [0.25, 0.3) is 0 Å². The molecule has 0 bridgehead atoms. The summed E-state index contributed by atoms with van der Waals surface area (Å²) in [6.07, 6.45) is -0.309. The van der Waals surface area contributed by atoms with Gasteiger partial charge in [0.05, 0.1) is 0 Å². The van der Waals surface area contributed by atoms with Crippen LogP contribution in [-0.2, 0) is 4.74 Å². The highest BCUT2D eigenvalue weighted by molar-refractivity contribution is 5.68. The standard InChI is InChI=1S/C14H20FN3O3/c1-14(2,3)20-13(19)18-9-7-17(8-10-18)11-5-4-6-12(16-11)21-15/h4-6H,7-10H2,1-3H3. The second-order valence-electron chi connectivity index (χ2n) is 5.87. The lowest BCUT2D eigenvalue weighted by Gasteiger charge is -2.36. The van der Waals surface area contributed by atoms with Crippen LogP contribution >= 0.6 is 0 Å². The van der Waals surface area contributed by atoms with Gasteiger partial charge in [-0.3, -0.25) is 4.94 Å². The number of nitrogens with zero attached hydrogens (tertiary/aromatic N) is 3. The predicted molar refractivity (Wildman–Crippen MR) is 76.0 cm³/mol. The van der Waals surface area contributed by atoms with E-state index in [1.165, 1.54) is 6.07 Å². The molecule has 0 aliphatic carbocycles. The molecule has 0 saturated carbocycles. The Kier molecular flexibility index (Phi) is 4.50. The van der Waals surface area contributed by atoms with E-state index in [4.69, 9.17) is 4.74 Å². The molecule has 0 radical (unpaired) electrons. The summed E-state index contributed by atoms with van der Waals surface area (Å²) in [6.45, 7) is 7.83. The van der Waals surface area contributed by atoms with Gasteiger partial charge in [0.2, 0.25) is 0 Å². The Labute approximate surface area is 123 Å². The first-order chi connectivity index (χ1) is 9.89. The second kappa shape index (κ2) is 6.15. The number of ether oxygens (including phenoxy) is 1. The first-order valence-electron chi connectivity index (χ1n) is 6.87. The smallest absolute Gasteiger partial charge is 0.410 e. The summed E-state index contributed by atoms with van der Waals surface area (Å²) in [5.41, 5.74) is -0.497. The molecule has 1 aliphatic rings. The first kappa shape index (κ1) is 15.3. The number of hydrogen-bond acceptors (Lipinski definition) is 5. The third-order valence-electron chi connectivity index (χ3n) is 3.04. The number of anilines is 1. The summed E-state index contributed by atoms with van der Waals surface area (Å²) in [5, 5.41) is 0. The molecule has 7 heteroatoms. The molecule has 21 heavy (non-hydrogen) atoms. The van der Waals surface area contributed by atoms with E-state index in [1.54, 1.807) is 17.0 Å².